The number of nitrogens with zero attached hydrogens (tertiary/aromatic N) is 1. The Kier molecular flexibility index (Phi) is 4.99. The Morgan fingerprint density at radius 1 is 1.21 bits per heavy atom. The van der Waals surface area contributed by atoms with E-state index < -0.39 is 10.0 Å². The largest absolute Gasteiger partial charge is 0.493 e. The molecule has 0 aromatic heterocycles. The molecule has 3 rings (SSSR count). The summed E-state index contributed by atoms with van der Waals surface area (Å²) in [6.45, 7) is 2.32. The fourth-order valence-electron chi connectivity index (χ4n) is 2.86. The van der Waals surface area contributed by atoms with Gasteiger partial charge in [-0.3, -0.25) is 0 Å². The van der Waals surface area contributed by atoms with Crippen molar-refractivity contribution in [3.63, 3.8) is 0 Å². The Bertz CT molecular complexity index is 839. The van der Waals surface area contributed by atoms with Crippen LogP contribution in [-0.2, 0) is 16.4 Å². The van der Waals surface area contributed by atoms with Gasteiger partial charge in [0.05, 0.1) is 11.5 Å². The predicted octanol–water partition coefficient (Wildman–Crippen LogP) is 2.82. The molecule has 2 aromatic carbocycles. The number of halogens is 1. The van der Waals surface area contributed by atoms with Crippen LogP contribution in [0.4, 0.5) is 5.69 Å². The number of fused-ring (bicyclic) bond motifs is 1. The van der Waals surface area contributed by atoms with Crippen molar-refractivity contribution in [2.45, 2.75) is 17.7 Å². The van der Waals surface area contributed by atoms with Crippen LogP contribution in [0.25, 0.3) is 0 Å². The Labute approximate surface area is 147 Å². The molecule has 0 aliphatic carbocycles. The van der Waals surface area contributed by atoms with Crippen LogP contribution < -0.4 is 14.8 Å². The lowest BCUT2D eigenvalue weighted by atomic mass is 10.2. The van der Waals surface area contributed by atoms with E-state index in [1.165, 1.54) is 0 Å². The first-order valence-electron chi connectivity index (χ1n) is 7.72. The summed E-state index contributed by atoms with van der Waals surface area (Å²) in [5, 5.41) is 5.84. The van der Waals surface area contributed by atoms with E-state index in [4.69, 9.17) is 21.5 Å². The number of primary sulfonamides is 1. The van der Waals surface area contributed by atoms with E-state index in [1.807, 2.05) is 24.3 Å². The van der Waals surface area contributed by atoms with Gasteiger partial charge in [0, 0.05) is 23.8 Å². The van der Waals surface area contributed by atoms with Gasteiger partial charge in [0.1, 0.15) is 5.75 Å². The first-order chi connectivity index (χ1) is 11.4. The van der Waals surface area contributed by atoms with E-state index in [2.05, 4.69) is 4.90 Å². The summed E-state index contributed by atoms with van der Waals surface area (Å²) in [6, 6.07) is 12.4. The van der Waals surface area contributed by atoms with Gasteiger partial charge in [-0.05, 0) is 54.8 Å². The molecule has 0 saturated heterocycles. The number of anilines is 1. The molecular weight excluding hydrogens is 348 g/mol. The summed E-state index contributed by atoms with van der Waals surface area (Å²) in [7, 11) is -3.65. The minimum absolute atomic E-state index is 0.174. The number of hydrogen-bond donors (Lipinski definition) is 1. The molecule has 128 valence electrons. The topological polar surface area (TPSA) is 72.6 Å². The van der Waals surface area contributed by atoms with E-state index in [9.17, 15) is 8.42 Å². The van der Waals surface area contributed by atoms with Gasteiger partial charge in [-0.25, -0.2) is 13.6 Å². The number of nitrogens with two attached hydrogens (primary N) is 1. The number of ether oxygens (including phenoxy) is 1. The molecule has 0 radical (unpaired) electrons. The van der Waals surface area contributed by atoms with Crippen LogP contribution in [0.5, 0.6) is 5.75 Å². The van der Waals surface area contributed by atoms with Crippen LogP contribution in [0.3, 0.4) is 0 Å². The van der Waals surface area contributed by atoms with Crippen LogP contribution in [-0.4, -0.2) is 28.1 Å². The van der Waals surface area contributed by atoms with E-state index in [-0.39, 0.29) is 4.90 Å². The lowest BCUT2D eigenvalue weighted by molar-refractivity contribution is 0.312. The molecule has 0 atom stereocenters. The minimum Gasteiger partial charge on any atom is -0.493 e. The standard InChI is InChI=1S/C17H19ClN2O3S/c18-14-3-1-4-15(12-14)23-10-2-8-20-9-7-13-11-16(24(19,21)22)5-6-17(13)20/h1,3-6,11-12H,2,7-10H2,(H2,19,21,22). The van der Waals surface area contributed by atoms with E-state index in [0.717, 1.165) is 42.9 Å². The Morgan fingerprint density at radius 2 is 2.04 bits per heavy atom. The molecule has 24 heavy (non-hydrogen) atoms. The lowest BCUT2D eigenvalue weighted by Crippen LogP contribution is -2.23. The third kappa shape index (κ3) is 4.01. The van der Waals surface area contributed by atoms with Gasteiger partial charge < -0.3 is 9.64 Å². The molecule has 0 bridgehead atoms. The van der Waals surface area contributed by atoms with Crippen LogP contribution in [0.15, 0.2) is 47.4 Å². The fourth-order valence-corrected chi connectivity index (χ4v) is 3.60. The average molecular weight is 367 g/mol. The molecule has 7 heteroatoms. The van der Waals surface area contributed by atoms with Crippen LogP contribution in [0.2, 0.25) is 5.02 Å². The summed E-state index contributed by atoms with van der Waals surface area (Å²) >= 11 is 5.92. The molecule has 1 aliphatic heterocycles. The molecule has 0 spiro atoms. The second-order valence-corrected chi connectivity index (χ2v) is 7.73. The Balaban J connectivity index is 1.55. The number of hydrogen-bond acceptors (Lipinski definition) is 4. The SMILES string of the molecule is NS(=O)(=O)c1ccc2c(c1)CCN2CCCOc1cccc(Cl)c1. The van der Waals surface area contributed by atoms with Gasteiger partial charge in [0.2, 0.25) is 10.0 Å². The van der Waals surface area contributed by atoms with E-state index in [1.54, 1.807) is 18.2 Å². The Hall–Kier alpha value is -1.76. The van der Waals surface area contributed by atoms with Gasteiger partial charge in [-0.1, -0.05) is 17.7 Å². The van der Waals surface area contributed by atoms with Crippen molar-refractivity contribution >= 4 is 27.3 Å². The first-order valence-corrected chi connectivity index (χ1v) is 9.65. The number of benzene rings is 2. The average Bonchev–Trinajstić information content (AvgIpc) is 2.93. The van der Waals surface area contributed by atoms with Crippen molar-refractivity contribution in [2.75, 3.05) is 24.6 Å². The highest BCUT2D eigenvalue weighted by atomic mass is 35.5. The van der Waals surface area contributed by atoms with Crippen LogP contribution >= 0.6 is 11.6 Å². The predicted molar refractivity (Wildman–Crippen MR) is 95.3 cm³/mol. The van der Waals surface area contributed by atoms with Crippen molar-refractivity contribution in [3.05, 3.63) is 53.1 Å². The monoisotopic (exact) mass is 366 g/mol. The molecule has 2 aromatic rings. The molecule has 1 heterocycles. The van der Waals surface area contributed by atoms with Gasteiger partial charge in [0.15, 0.2) is 0 Å². The van der Waals surface area contributed by atoms with Gasteiger partial charge in [-0.2, -0.15) is 0 Å². The normalized spacial score (nSPS) is 13.8. The first kappa shape index (κ1) is 17.1. The summed E-state index contributed by atoms with van der Waals surface area (Å²) in [5.41, 5.74) is 2.10. The summed E-state index contributed by atoms with van der Waals surface area (Å²) in [5.74, 6) is 0.766. The molecular formula is C17H19ClN2O3S. The van der Waals surface area contributed by atoms with E-state index >= 15 is 0 Å². The molecule has 0 saturated carbocycles. The molecule has 0 unspecified atom stereocenters. The lowest BCUT2D eigenvalue weighted by Gasteiger charge is -2.19. The summed E-state index contributed by atoms with van der Waals surface area (Å²) in [6.07, 6.45) is 1.69. The van der Waals surface area contributed by atoms with Crippen molar-refractivity contribution in [1.29, 1.82) is 0 Å². The second kappa shape index (κ2) is 7.01. The Morgan fingerprint density at radius 3 is 2.79 bits per heavy atom. The molecule has 1 aliphatic rings. The van der Waals surface area contributed by atoms with Crippen molar-refractivity contribution < 1.29 is 13.2 Å². The maximum atomic E-state index is 11.4. The highest BCUT2D eigenvalue weighted by Crippen LogP contribution is 2.30. The summed E-state index contributed by atoms with van der Waals surface area (Å²) in [4.78, 5) is 2.41. The van der Waals surface area contributed by atoms with Crippen molar-refractivity contribution in [2.24, 2.45) is 5.14 Å². The zero-order chi connectivity index (χ0) is 17.2. The summed E-state index contributed by atoms with van der Waals surface area (Å²) < 4.78 is 28.5. The number of rotatable bonds is 6. The molecule has 5 nitrogen and oxygen atoms in total. The van der Waals surface area contributed by atoms with E-state index in [0.29, 0.717) is 11.6 Å². The van der Waals surface area contributed by atoms with Gasteiger partial charge in [0.25, 0.3) is 0 Å². The molecule has 0 fully saturated rings. The van der Waals surface area contributed by atoms with Gasteiger partial charge in [-0.15, -0.1) is 0 Å². The van der Waals surface area contributed by atoms with Crippen LogP contribution in [0.1, 0.15) is 12.0 Å². The third-order valence-corrected chi connectivity index (χ3v) is 5.15. The zero-order valence-electron chi connectivity index (χ0n) is 13.1. The number of sulfonamides is 1. The highest BCUT2D eigenvalue weighted by molar-refractivity contribution is 7.89. The highest BCUT2D eigenvalue weighted by Gasteiger charge is 2.20. The third-order valence-electron chi connectivity index (χ3n) is 4.01. The second-order valence-electron chi connectivity index (χ2n) is 5.73. The zero-order valence-corrected chi connectivity index (χ0v) is 14.7. The maximum absolute atomic E-state index is 11.4. The van der Waals surface area contributed by atoms with Gasteiger partial charge >= 0.3 is 0 Å². The quantitative estimate of drug-likeness (QED) is 0.798. The maximum Gasteiger partial charge on any atom is 0.238 e. The fraction of sp³-hybridized carbons (Fsp3) is 0.294. The van der Waals surface area contributed by atoms with Crippen molar-refractivity contribution in [3.8, 4) is 5.75 Å². The smallest absolute Gasteiger partial charge is 0.238 e. The molecule has 2 N–H and O–H groups in total. The van der Waals surface area contributed by atoms with Crippen LogP contribution in [0, 0.1) is 0 Å². The molecule has 0 amide bonds. The minimum atomic E-state index is -3.65. The van der Waals surface area contributed by atoms with Crippen molar-refractivity contribution in [1.82, 2.24) is 0 Å².